The number of nitrogens with zero attached hydrogens (tertiary/aromatic N) is 2. The van der Waals surface area contributed by atoms with Crippen LogP contribution in [-0.2, 0) is 0 Å². The molecule has 5 nitrogen and oxygen atoms in total. The summed E-state index contributed by atoms with van der Waals surface area (Å²) in [5, 5.41) is 3.66. The number of carbonyl (C=O) groups is 1. The molecule has 0 saturated heterocycles. The zero-order valence-electron chi connectivity index (χ0n) is 12.1. The fourth-order valence-electron chi connectivity index (χ4n) is 1.93. The van der Waals surface area contributed by atoms with Gasteiger partial charge in [0.1, 0.15) is 5.75 Å². The largest absolute Gasteiger partial charge is 0.497 e. The van der Waals surface area contributed by atoms with E-state index < -0.39 is 0 Å². The molecule has 0 bridgehead atoms. The molecule has 0 spiro atoms. The summed E-state index contributed by atoms with van der Waals surface area (Å²) in [6.07, 6.45) is 0. The monoisotopic (exact) mass is 345 g/mol. The summed E-state index contributed by atoms with van der Waals surface area (Å²) in [6, 6.07) is 14.1. The van der Waals surface area contributed by atoms with Gasteiger partial charge < -0.3 is 4.74 Å². The maximum atomic E-state index is 12.1. The standard InChI is InChI=1S/C16H12ClN3O2S/c1-22-13-7-5-10(6-8-13)14-18-16(23-20-14)19-15(21)11-3-2-4-12(17)9-11/h2-9H,1H3,(H,18,19,20,21). The Hall–Kier alpha value is -2.44. The van der Waals surface area contributed by atoms with Crippen molar-refractivity contribution in [1.82, 2.24) is 9.36 Å². The molecule has 0 radical (unpaired) electrons. The lowest BCUT2D eigenvalue weighted by atomic mass is 10.2. The number of aromatic nitrogens is 2. The van der Waals surface area contributed by atoms with Gasteiger partial charge in [-0.25, -0.2) is 0 Å². The van der Waals surface area contributed by atoms with Crippen molar-refractivity contribution in [3.05, 3.63) is 59.1 Å². The first-order valence-electron chi connectivity index (χ1n) is 6.71. The first-order valence-corrected chi connectivity index (χ1v) is 7.86. The van der Waals surface area contributed by atoms with Gasteiger partial charge >= 0.3 is 0 Å². The zero-order chi connectivity index (χ0) is 16.2. The summed E-state index contributed by atoms with van der Waals surface area (Å²) in [4.78, 5) is 16.5. The van der Waals surface area contributed by atoms with E-state index in [4.69, 9.17) is 16.3 Å². The van der Waals surface area contributed by atoms with Crippen molar-refractivity contribution in [3.63, 3.8) is 0 Å². The highest BCUT2D eigenvalue weighted by Gasteiger charge is 2.11. The van der Waals surface area contributed by atoms with Crippen molar-refractivity contribution in [3.8, 4) is 17.1 Å². The van der Waals surface area contributed by atoms with Crippen LogP contribution in [0.15, 0.2) is 48.5 Å². The number of halogens is 1. The summed E-state index contributed by atoms with van der Waals surface area (Å²) >= 11 is 7.01. The molecule has 0 fully saturated rings. The number of hydrogen-bond donors (Lipinski definition) is 1. The molecular weight excluding hydrogens is 334 g/mol. The minimum absolute atomic E-state index is 0.273. The van der Waals surface area contributed by atoms with Gasteiger partial charge in [0.2, 0.25) is 5.13 Å². The first kappa shape index (κ1) is 15.5. The number of amides is 1. The molecule has 2 aromatic carbocycles. The molecule has 0 unspecified atom stereocenters. The molecule has 1 amide bonds. The van der Waals surface area contributed by atoms with Gasteiger partial charge in [-0.1, -0.05) is 17.7 Å². The van der Waals surface area contributed by atoms with Crippen LogP contribution in [0, 0.1) is 0 Å². The Morgan fingerprint density at radius 1 is 1.22 bits per heavy atom. The van der Waals surface area contributed by atoms with Crippen molar-refractivity contribution in [1.29, 1.82) is 0 Å². The van der Waals surface area contributed by atoms with E-state index in [-0.39, 0.29) is 5.91 Å². The van der Waals surface area contributed by atoms with Crippen molar-refractivity contribution in [2.24, 2.45) is 0 Å². The van der Waals surface area contributed by atoms with Crippen LogP contribution in [0.4, 0.5) is 5.13 Å². The lowest BCUT2D eigenvalue weighted by Crippen LogP contribution is -2.11. The highest BCUT2D eigenvalue weighted by Crippen LogP contribution is 2.23. The van der Waals surface area contributed by atoms with E-state index in [0.717, 1.165) is 22.8 Å². The van der Waals surface area contributed by atoms with E-state index in [1.807, 2.05) is 24.3 Å². The molecule has 1 aromatic heterocycles. The Morgan fingerprint density at radius 2 is 2.00 bits per heavy atom. The van der Waals surface area contributed by atoms with E-state index >= 15 is 0 Å². The highest BCUT2D eigenvalue weighted by atomic mass is 35.5. The van der Waals surface area contributed by atoms with Crippen molar-refractivity contribution < 1.29 is 9.53 Å². The SMILES string of the molecule is COc1ccc(-c2nsc(NC(=O)c3cccc(Cl)c3)n2)cc1. The molecular formula is C16H12ClN3O2S. The molecule has 0 aliphatic heterocycles. The fraction of sp³-hybridized carbons (Fsp3) is 0.0625. The van der Waals surface area contributed by atoms with Crippen LogP contribution in [0.5, 0.6) is 5.75 Å². The van der Waals surface area contributed by atoms with Gasteiger partial charge in [-0.05, 0) is 42.5 Å². The van der Waals surface area contributed by atoms with Crippen molar-refractivity contribution >= 4 is 34.2 Å². The predicted octanol–water partition coefficient (Wildman–Crippen LogP) is 4.12. The van der Waals surface area contributed by atoms with Crippen LogP contribution in [0.25, 0.3) is 11.4 Å². The summed E-state index contributed by atoms with van der Waals surface area (Å²) in [7, 11) is 1.61. The number of carbonyl (C=O) groups excluding carboxylic acids is 1. The Morgan fingerprint density at radius 3 is 2.70 bits per heavy atom. The summed E-state index contributed by atoms with van der Waals surface area (Å²) in [5.74, 6) is 1.04. The molecule has 7 heteroatoms. The number of nitrogens with one attached hydrogen (secondary N) is 1. The van der Waals surface area contributed by atoms with Gasteiger partial charge in [0, 0.05) is 27.7 Å². The van der Waals surface area contributed by atoms with Gasteiger partial charge in [-0.3, -0.25) is 10.1 Å². The second kappa shape index (κ2) is 6.76. The van der Waals surface area contributed by atoms with E-state index in [9.17, 15) is 4.79 Å². The van der Waals surface area contributed by atoms with Crippen molar-refractivity contribution in [2.45, 2.75) is 0 Å². The highest BCUT2D eigenvalue weighted by molar-refractivity contribution is 7.10. The van der Waals surface area contributed by atoms with Crippen LogP contribution in [0.1, 0.15) is 10.4 Å². The van der Waals surface area contributed by atoms with Crippen LogP contribution in [0.2, 0.25) is 5.02 Å². The van der Waals surface area contributed by atoms with Crippen LogP contribution in [-0.4, -0.2) is 22.4 Å². The molecule has 0 saturated carbocycles. The lowest BCUT2D eigenvalue weighted by Gasteiger charge is -2.01. The Kier molecular flexibility index (Phi) is 4.55. The van der Waals surface area contributed by atoms with Crippen molar-refractivity contribution in [2.75, 3.05) is 12.4 Å². The Balaban J connectivity index is 1.75. The first-order chi connectivity index (χ1) is 11.2. The fourth-order valence-corrected chi connectivity index (χ4v) is 2.71. The number of methoxy groups -OCH3 is 1. The molecule has 0 aliphatic carbocycles. The van der Waals surface area contributed by atoms with Crippen LogP contribution < -0.4 is 10.1 Å². The van der Waals surface area contributed by atoms with Gasteiger partial charge in [0.25, 0.3) is 5.91 Å². The van der Waals surface area contributed by atoms with Gasteiger partial charge in [0.05, 0.1) is 7.11 Å². The summed E-state index contributed by atoms with van der Waals surface area (Å²) in [5.41, 5.74) is 1.32. The van der Waals surface area contributed by atoms with E-state index in [2.05, 4.69) is 14.7 Å². The Bertz CT molecular complexity index is 833. The molecule has 1 N–H and O–H groups in total. The summed E-state index contributed by atoms with van der Waals surface area (Å²) < 4.78 is 9.37. The summed E-state index contributed by atoms with van der Waals surface area (Å²) in [6.45, 7) is 0. The number of rotatable bonds is 4. The van der Waals surface area contributed by atoms with Crippen LogP contribution in [0.3, 0.4) is 0 Å². The molecule has 0 aliphatic rings. The zero-order valence-corrected chi connectivity index (χ0v) is 13.7. The molecule has 23 heavy (non-hydrogen) atoms. The third kappa shape index (κ3) is 3.67. The predicted molar refractivity (Wildman–Crippen MR) is 91.3 cm³/mol. The number of benzene rings is 2. The van der Waals surface area contributed by atoms with E-state index in [1.165, 1.54) is 0 Å². The second-order valence-electron chi connectivity index (χ2n) is 4.62. The normalized spacial score (nSPS) is 10.3. The van der Waals surface area contributed by atoms with Gasteiger partial charge in [-0.2, -0.15) is 9.36 Å². The van der Waals surface area contributed by atoms with E-state index in [1.54, 1.807) is 31.4 Å². The number of hydrogen-bond acceptors (Lipinski definition) is 5. The maximum absolute atomic E-state index is 12.1. The quantitative estimate of drug-likeness (QED) is 0.772. The molecule has 3 rings (SSSR count). The second-order valence-corrected chi connectivity index (χ2v) is 5.80. The molecule has 116 valence electrons. The number of ether oxygens (including phenoxy) is 1. The topological polar surface area (TPSA) is 64.1 Å². The van der Waals surface area contributed by atoms with E-state index in [0.29, 0.717) is 21.5 Å². The third-order valence-corrected chi connectivity index (χ3v) is 3.95. The number of anilines is 1. The molecule has 0 atom stereocenters. The average Bonchev–Trinajstić information content (AvgIpc) is 3.03. The van der Waals surface area contributed by atoms with Gasteiger partial charge in [-0.15, -0.1) is 0 Å². The lowest BCUT2D eigenvalue weighted by molar-refractivity contribution is 0.102. The maximum Gasteiger partial charge on any atom is 0.257 e. The van der Waals surface area contributed by atoms with Gasteiger partial charge in [0.15, 0.2) is 5.82 Å². The minimum atomic E-state index is -0.273. The molecule has 1 heterocycles. The minimum Gasteiger partial charge on any atom is -0.497 e. The Labute approximate surface area is 142 Å². The average molecular weight is 346 g/mol. The smallest absolute Gasteiger partial charge is 0.257 e. The molecule has 3 aromatic rings. The van der Waals surface area contributed by atoms with Crippen LogP contribution >= 0.6 is 23.1 Å². The third-order valence-electron chi connectivity index (χ3n) is 3.08.